The van der Waals surface area contributed by atoms with E-state index in [4.69, 9.17) is 25.3 Å². The Hall–Kier alpha value is -3.72. The highest BCUT2D eigenvalue weighted by molar-refractivity contribution is 7.86. The van der Waals surface area contributed by atoms with Crippen molar-refractivity contribution in [3.05, 3.63) is 95.7 Å². The third kappa shape index (κ3) is 8.22. The monoisotopic (exact) mass is 648 g/mol. The average molecular weight is 649 g/mol. The molecule has 0 aliphatic carbocycles. The maximum atomic E-state index is 11.4. The topological polar surface area (TPSA) is 168 Å². The molecule has 3 N–H and O–H groups in total. The molecule has 1 aromatic heterocycles. The van der Waals surface area contributed by atoms with E-state index in [9.17, 15) is 21.4 Å². The number of oxazole rings is 1. The van der Waals surface area contributed by atoms with Crippen molar-refractivity contribution in [2.45, 2.75) is 19.4 Å². The molecule has 14 heteroatoms. The van der Waals surface area contributed by atoms with E-state index in [2.05, 4.69) is 0 Å². The zero-order valence-electron chi connectivity index (χ0n) is 22.7. The number of aromatic nitrogens is 1. The molecule has 0 bridgehead atoms. The predicted molar refractivity (Wildman–Crippen MR) is 162 cm³/mol. The Kier molecular flexibility index (Phi) is 9.95. The highest BCUT2D eigenvalue weighted by Crippen LogP contribution is 2.41. The van der Waals surface area contributed by atoms with Crippen molar-refractivity contribution in [2.75, 3.05) is 23.0 Å². The summed E-state index contributed by atoms with van der Waals surface area (Å²) in [4.78, 5) is 1.84. The molecule has 3 aromatic carbocycles. The van der Waals surface area contributed by atoms with Gasteiger partial charge in [0.05, 0.1) is 23.3 Å². The first-order valence-corrected chi connectivity index (χ1v) is 16.6. The minimum Gasteiger partial charge on any atom is -0.870 e. The SMILES string of the molecule is O=S(=O)(O)CCCN1C(=CC=Cc2oc3ccc(Cl)cc3[n+]2CCCS(=O)(=O)O)Oc2ccc(-c3ccccc3)cc21.[OH-]. The lowest BCUT2D eigenvalue weighted by Gasteiger charge is -2.18. The molecule has 4 aromatic rings. The zero-order valence-corrected chi connectivity index (χ0v) is 25.1. The molecule has 0 saturated heterocycles. The summed E-state index contributed by atoms with van der Waals surface area (Å²) in [6.07, 6.45) is 5.41. The Morgan fingerprint density at radius 2 is 1.60 bits per heavy atom. The van der Waals surface area contributed by atoms with Gasteiger partial charge in [0.25, 0.3) is 25.8 Å². The van der Waals surface area contributed by atoms with Gasteiger partial charge in [-0.15, -0.1) is 0 Å². The first-order valence-electron chi connectivity index (χ1n) is 13.0. The number of rotatable bonds is 11. The number of nitrogens with zero attached hydrogens (tertiary/aromatic N) is 2. The molecule has 0 amide bonds. The molecule has 228 valence electrons. The van der Waals surface area contributed by atoms with Crippen molar-refractivity contribution in [2.24, 2.45) is 0 Å². The van der Waals surface area contributed by atoms with Gasteiger partial charge in [0.2, 0.25) is 11.5 Å². The fourth-order valence-corrected chi connectivity index (χ4v) is 5.87. The average Bonchev–Trinajstić information content (AvgIpc) is 3.44. The summed E-state index contributed by atoms with van der Waals surface area (Å²) in [6.45, 7) is 0.513. The number of hydrogen-bond donors (Lipinski definition) is 2. The molecule has 0 atom stereocenters. The Bertz CT molecular complexity index is 1890. The van der Waals surface area contributed by atoms with E-state index in [1.165, 1.54) is 0 Å². The van der Waals surface area contributed by atoms with Crippen molar-refractivity contribution in [3.8, 4) is 16.9 Å². The number of aryl methyl sites for hydroxylation is 1. The fraction of sp³-hybridized carbons (Fsp3) is 0.207. The van der Waals surface area contributed by atoms with Crippen LogP contribution in [-0.2, 0) is 26.8 Å². The van der Waals surface area contributed by atoms with Crippen molar-refractivity contribution >= 4 is 54.7 Å². The van der Waals surface area contributed by atoms with E-state index in [-0.39, 0.29) is 31.4 Å². The second kappa shape index (κ2) is 13.3. The predicted octanol–water partition coefficient (Wildman–Crippen LogP) is 5.17. The molecular weight excluding hydrogens is 620 g/mol. The molecule has 0 fully saturated rings. The van der Waals surface area contributed by atoms with Gasteiger partial charge >= 0.3 is 5.89 Å². The number of halogens is 1. The van der Waals surface area contributed by atoms with Gasteiger partial charge < -0.3 is 19.5 Å². The number of benzene rings is 3. The summed E-state index contributed by atoms with van der Waals surface area (Å²) in [5.74, 6) is 0.652. The van der Waals surface area contributed by atoms with Crippen LogP contribution in [0.5, 0.6) is 5.75 Å². The number of hydrogen-bond acceptors (Lipinski definition) is 8. The summed E-state index contributed by atoms with van der Waals surface area (Å²) in [5, 5.41) is 0.483. The molecule has 0 radical (unpaired) electrons. The summed E-state index contributed by atoms with van der Waals surface area (Å²) >= 11 is 6.18. The smallest absolute Gasteiger partial charge is 0.374 e. The Morgan fingerprint density at radius 1 is 0.884 bits per heavy atom. The lowest BCUT2D eigenvalue weighted by atomic mass is 10.0. The van der Waals surface area contributed by atoms with Gasteiger partial charge in [0, 0.05) is 24.1 Å². The number of anilines is 1. The van der Waals surface area contributed by atoms with E-state index in [1.807, 2.05) is 53.4 Å². The second-order valence-electron chi connectivity index (χ2n) is 9.65. The van der Waals surface area contributed by atoms with E-state index in [0.717, 1.165) is 16.8 Å². The Labute approximate surface area is 254 Å². The van der Waals surface area contributed by atoms with E-state index in [0.29, 0.717) is 33.6 Å². The molecular formula is C29H29ClN2O9S2. The number of allylic oxidation sites excluding steroid dienone is 2. The van der Waals surface area contributed by atoms with E-state index < -0.39 is 31.7 Å². The van der Waals surface area contributed by atoms with Gasteiger partial charge in [-0.25, -0.2) is 0 Å². The van der Waals surface area contributed by atoms with Gasteiger partial charge in [-0.3, -0.25) is 9.11 Å². The van der Waals surface area contributed by atoms with Crippen LogP contribution in [0.2, 0.25) is 5.02 Å². The highest BCUT2D eigenvalue weighted by atomic mass is 35.5. The van der Waals surface area contributed by atoms with E-state index >= 15 is 0 Å². The van der Waals surface area contributed by atoms with Gasteiger partial charge in [0.1, 0.15) is 0 Å². The third-order valence-corrected chi connectivity index (χ3v) is 8.42. The lowest BCUT2D eigenvalue weighted by Crippen LogP contribution is -2.36. The number of fused-ring (bicyclic) bond motifs is 2. The van der Waals surface area contributed by atoms with E-state index in [1.54, 1.807) is 41.0 Å². The van der Waals surface area contributed by atoms with Crippen molar-refractivity contribution in [1.82, 2.24) is 0 Å². The lowest BCUT2D eigenvalue weighted by molar-refractivity contribution is -0.677. The van der Waals surface area contributed by atoms with Crippen LogP contribution < -0.4 is 14.2 Å². The van der Waals surface area contributed by atoms with Crippen molar-refractivity contribution < 1.29 is 45.1 Å². The largest absolute Gasteiger partial charge is 0.870 e. The minimum absolute atomic E-state index is 0. The molecule has 1 aliphatic heterocycles. The first-order chi connectivity index (χ1) is 20.0. The van der Waals surface area contributed by atoms with Crippen LogP contribution in [0.15, 0.2) is 89.2 Å². The molecule has 1 aliphatic rings. The van der Waals surface area contributed by atoms with Crippen LogP contribution in [0, 0.1) is 0 Å². The third-order valence-electron chi connectivity index (χ3n) is 6.58. The molecule has 0 saturated carbocycles. The van der Waals surface area contributed by atoms with Crippen LogP contribution in [-0.4, -0.2) is 49.5 Å². The fourth-order valence-electron chi connectivity index (χ4n) is 4.72. The standard InChI is InChI=1S/C29H27ClN2O8S2.H2O/c30-23-12-14-27-25(20-23)32(16-6-18-42(36,37)38)29(40-27)10-4-9-28-31(15-5-17-41(33,34)35)24-19-22(11-13-26(24)39-28)21-7-2-1-3-8-21;/h1-4,7-14,19-20H,5-6,15-18H2,(H-,33,34,35,36,37,38);1H2. The van der Waals surface area contributed by atoms with Crippen LogP contribution in [0.1, 0.15) is 18.7 Å². The van der Waals surface area contributed by atoms with Gasteiger partial charge in [-0.05, 0) is 54.0 Å². The van der Waals surface area contributed by atoms with Gasteiger partial charge in [0.15, 0.2) is 12.3 Å². The molecule has 2 heterocycles. The summed E-state index contributed by atoms with van der Waals surface area (Å²) in [7, 11) is -8.25. The van der Waals surface area contributed by atoms with Crippen LogP contribution >= 0.6 is 11.6 Å². The Morgan fingerprint density at radius 3 is 2.33 bits per heavy atom. The van der Waals surface area contributed by atoms with Crippen LogP contribution in [0.3, 0.4) is 0 Å². The maximum Gasteiger partial charge on any atom is 0.374 e. The zero-order chi connectivity index (χ0) is 29.9. The second-order valence-corrected chi connectivity index (χ2v) is 13.2. The minimum atomic E-state index is -4.13. The molecule has 5 rings (SSSR count). The summed E-state index contributed by atoms with van der Waals surface area (Å²) in [6, 6.07) is 20.7. The molecule has 11 nitrogen and oxygen atoms in total. The van der Waals surface area contributed by atoms with Crippen LogP contribution in [0.4, 0.5) is 5.69 Å². The summed E-state index contributed by atoms with van der Waals surface area (Å²) < 4.78 is 77.5. The number of ether oxygens (including phenoxy) is 1. The van der Waals surface area contributed by atoms with Crippen molar-refractivity contribution in [3.63, 3.8) is 0 Å². The quantitative estimate of drug-likeness (QED) is 0.163. The van der Waals surface area contributed by atoms with Gasteiger partial charge in [-0.2, -0.15) is 21.4 Å². The van der Waals surface area contributed by atoms with Crippen LogP contribution in [0.25, 0.3) is 28.3 Å². The summed E-state index contributed by atoms with van der Waals surface area (Å²) in [5.41, 5.74) is 3.93. The first kappa shape index (κ1) is 32.2. The van der Waals surface area contributed by atoms with Gasteiger partial charge in [-0.1, -0.05) is 48.0 Å². The molecule has 43 heavy (non-hydrogen) atoms. The van der Waals surface area contributed by atoms with Crippen molar-refractivity contribution in [1.29, 1.82) is 0 Å². The molecule has 0 unspecified atom stereocenters. The highest BCUT2D eigenvalue weighted by Gasteiger charge is 2.27. The maximum absolute atomic E-state index is 11.4. The molecule has 0 spiro atoms. The Balaban J connectivity index is 0.00000423. The normalized spacial score (nSPS) is 14.3.